The van der Waals surface area contributed by atoms with Gasteiger partial charge in [0.1, 0.15) is 6.61 Å². The van der Waals surface area contributed by atoms with Gasteiger partial charge in [-0.05, 0) is 33.9 Å². The molecule has 0 saturated heterocycles. The molecule has 0 bridgehead atoms. The number of rotatable bonds is 0. The SMILES string of the molecule is Brc1cc2c(s1)OCCNS2. The van der Waals surface area contributed by atoms with Crippen LogP contribution in [0.25, 0.3) is 0 Å². The molecule has 1 aromatic heterocycles. The van der Waals surface area contributed by atoms with E-state index in [2.05, 4.69) is 26.7 Å². The first-order chi connectivity index (χ1) is 5.36. The van der Waals surface area contributed by atoms with Crippen molar-refractivity contribution in [2.75, 3.05) is 13.2 Å². The zero-order chi connectivity index (χ0) is 7.68. The predicted molar refractivity (Wildman–Crippen MR) is 51.4 cm³/mol. The quantitative estimate of drug-likeness (QED) is 0.717. The van der Waals surface area contributed by atoms with Crippen LogP contribution in [-0.4, -0.2) is 13.2 Å². The third kappa shape index (κ3) is 1.72. The van der Waals surface area contributed by atoms with Crippen LogP contribution >= 0.6 is 39.2 Å². The lowest BCUT2D eigenvalue weighted by Gasteiger charge is -1.96. The summed E-state index contributed by atoms with van der Waals surface area (Å²) < 4.78 is 9.79. The molecule has 1 aliphatic heterocycles. The zero-order valence-electron chi connectivity index (χ0n) is 5.59. The van der Waals surface area contributed by atoms with Crippen LogP contribution in [0.2, 0.25) is 0 Å². The van der Waals surface area contributed by atoms with Gasteiger partial charge < -0.3 is 4.74 Å². The van der Waals surface area contributed by atoms with Crippen LogP contribution in [0.1, 0.15) is 0 Å². The van der Waals surface area contributed by atoms with Gasteiger partial charge in [-0.2, -0.15) is 0 Å². The Morgan fingerprint density at radius 1 is 1.64 bits per heavy atom. The lowest BCUT2D eigenvalue weighted by molar-refractivity contribution is 0.331. The van der Waals surface area contributed by atoms with Crippen molar-refractivity contribution in [2.24, 2.45) is 0 Å². The van der Waals surface area contributed by atoms with E-state index in [1.807, 2.05) is 0 Å². The van der Waals surface area contributed by atoms with Crippen molar-refractivity contribution in [1.82, 2.24) is 4.72 Å². The molecule has 0 fully saturated rings. The first-order valence-corrected chi connectivity index (χ1v) is 5.61. The van der Waals surface area contributed by atoms with Crippen LogP contribution in [0.15, 0.2) is 14.7 Å². The maximum Gasteiger partial charge on any atom is 0.190 e. The smallest absolute Gasteiger partial charge is 0.190 e. The Morgan fingerprint density at radius 3 is 3.45 bits per heavy atom. The van der Waals surface area contributed by atoms with Gasteiger partial charge in [-0.1, -0.05) is 11.3 Å². The molecular weight excluding hydrogens is 246 g/mol. The average Bonchev–Trinajstić information content (AvgIpc) is 2.17. The van der Waals surface area contributed by atoms with Gasteiger partial charge in [-0.15, -0.1) is 0 Å². The lowest BCUT2D eigenvalue weighted by atomic mass is 10.6. The largest absolute Gasteiger partial charge is 0.482 e. The van der Waals surface area contributed by atoms with E-state index in [0.29, 0.717) is 0 Å². The Bertz CT molecular complexity index is 240. The molecule has 2 nitrogen and oxygen atoms in total. The van der Waals surface area contributed by atoms with E-state index < -0.39 is 0 Å². The fourth-order valence-corrected chi connectivity index (χ4v) is 3.28. The summed E-state index contributed by atoms with van der Waals surface area (Å²) in [7, 11) is 0. The fraction of sp³-hybridized carbons (Fsp3) is 0.333. The molecule has 11 heavy (non-hydrogen) atoms. The van der Waals surface area contributed by atoms with Crippen LogP contribution in [-0.2, 0) is 0 Å². The van der Waals surface area contributed by atoms with E-state index in [9.17, 15) is 0 Å². The second-order valence-electron chi connectivity index (χ2n) is 2.05. The Labute approximate surface area is 81.6 Å². The number of thiophene rings is 1. The molecule has 0 amide bonds. The number of halogens is 1. The van der Waals surface area contributed by atoms with Gasteiger partial charge in [-0.3, -0.25) is 4.72 Å². The van der Waals surface area contributed by atoms with Crippen molar-refractivity contribution in [3.63, 3.8) is 0 Å². The van der Waals surface area contributed by atoms with Crippen molar-refractivity contribution in [3.05, 3.63) is 9.85 Å². The topological polar surface area (TPSA) is 21.3 Å². The summed E-state index contributed by atoms with van der Waals surface area (Å²) in [6.45, 7) is 1.66. The molecule has 2 heterocycles. The van der Waals surface area contributed by atoms with E-state index in [4.69, 9.17) is 4.74 Å². The zero-order valence-corrected chi connectivity index (χ0v) is 8.81. The van der Waals surface area contributed by atoms with Crippen molar-refractivity contribution >= 4 is 39.2 Å². The molecule has 1 aromatic rings. The Hall–Kier alpha value is 0.290. The van der Waals surface area contributed by atoms with E-state index in [1.54, 1.807) is 23.3 Å². The molecule has 0 atom stereocenters. The second-order valence-corrected chi connectivity index (χ2v) is 5.37. The highest BCUT2D eigenvalue weighted by Crippen LogP contribution is 2.40. The van der Waals surface area contributed by atoms with Crippen LogP contribution in [0.5, 0.6) is 5.06 Å². The third-order valence-electron chi connectivity index (χ3n) is 1.26. The molecule has 0 spiro atoms. The summed E-state index contributed by atoms with van der Waals surface area (Å²) in [4.78, 5) is 1.18. The van der Waals surface area contributed by atoms with E-state index in [-0.39, 0.29) is 0 Å². The minimum Gasteiger partial charge on any atom is -0.482 e. The summed E-state index contributed by atoms with van der Waals surface area (Å²) in [6.07, 6.45) is 0. The second kappa shape index (κ2) is 3.35. The predicted octanol–water partition coefficient (Wildman–Crippen LogP) is 2.50. The van der Waals surface area contributed by atoms with E-state index in [0.717, 1.165) is 22.0 Å². The molecule has 0 aromatic carbocycles. The van der Waals surface area contributed by atoms with E-state index in [1.165, 1.54) is 4.90 Å². The molecule has 1 aliphatic rings. The molecule has 0 unspecified atom stereocenters. The Morgan fingerprint density at radius 2 is 2.55 bits per heavy atom. The number of nitrogens with one attached hydrogen (secondary N) is 1. The molecule has 1 N–H and O–H groups in total. The van der Waals surface area contributed by atoms with E-state index >= 15 is 0 Å². The average molecular weight is 252 g/mol. The fourth-order valence-electron chi connectivity index (χ4n) is 0.816. The van der Waals surface area contributed by atoms with Gasteiger partial charge in [0.2, 0.25) is 0 Å². The van der Waals surface area contributed by atoms with Gasteiger partial charge in [-0.25, -0.2) is 0 Å². The summed E-state index contributed by atoms with van der Waals surface area (Å²) >= 11 is 6.69. The third-order valence-corrected chi connectivity index (χ3v) is 3.81. The maximum atomic E-state index is 5.47. The summed E-state index contributed by atoms with van der Waals surface area (Å²) in [5.41, 5.74) is 0. The highest BCUT2D eigenvalue weighted by Gasteiger charge is 2.12. The molecule has 2 rings (SSSR count). The Kier molecular flexibility index (Phi) is 2.41. The summed E-state index contributed by atoms with van der Waals surface area (Å²) in [6, 6.07) is 2.07. The summed E-state index contributed by atoms with van der Waals surface area (Å²) in [5.74, 6) is 0. The van der Waals surface area contributed by atoms with Crippen molar-refractivity contribution < 1.29 is 4.74 Å². The first-order valence-electron chi connectivity index (χ1n) is 3.18. The van der Waals surface area contributed by atoms with Gasteiger partial charge >= 0.3 is 0 Å². The number of fused-ring (bicyclic) bond motifs is 1. The van der Waals surface area contributed by atoms with Gasteiger partial charge in [0.25, 0.3) is 0 Å². The maximum absolute atomic E-state index is 5.47. The summed E-state index contributed by atoms with van der Waals surface area (Å²) in [5, 5.41) is 1.02. The normalized spacial score (nSPS) is 16.8. The van der Waals surface area contributed by atoms with Crippen molar-refractivity contribution in [2.45, 2.75) is 4.90 Å². The molecular formula is C6H6BrNOS2. The van der Waals surface area contributed by atoms with Crippen LogP contribution in [0, 0.1) is 0 Å². The van der Waals surface area contributed by atoms with Crippen molar-refractivity contribution in [1.29, 1.82) is 0 Å². The van der Waals surface area contributed by atoms with Crippen LogP contribution in [0.3, 0.4) is 0 Å². The number of ether oxygens (including phenoxy) is 1. The Balaban J connectivity index is 2.32. The molecule has 0 radical (unpaired) electrons. The monoisotopic (exact) mass is 251 g/mol. The van der Waals surface area contributed by atoms with Crippen LogP contribution < -0.4 is 9.46 Å². The lowest BCUT2D eigenvalue weighted by Crippen LogP contribution is -2.10. The first kappa shape index (κ1) is 7.91. The minimum atomic E-state index is 0.757. The van der Waals surface area contributed by atoms with Crippen molar-refractivity contribution in [3.8, 4) is 5.06 Å². The minimum absolute atomic E-state index is 0.757. The molecule has 0 saturated carbocycles. The molecule has 5 heteroatoms. The standard InChI is InChI=1S/C6H6BrNOS2/c7-5-3-4-6(10-5)9-2-1-8-11-4/h3,8H,1-2H2. The van der Waals surface area contributed by atoms with Gasteiger partial charge in [0.05, 0.1) is 8.68 Å². The number of hydrogen-bond donors (Lipinski definition) is 1. The highest BCUT2D eigenvalue weighted by molar-refractivity contribution is 9.11. The highest BCUT2D eigenvalue weighted by atomic mass is 79.9. The van der Waals surface area contributed by atoms with Crippen LogP contribution in [0.4, 0.5) is 0 Å². The molecule has 0 aliphatic carbocycles. The van der Waals surface area contributed by atoms with Gasteiger partial charge in [0, 0.05) is 6.54 Å². The number of hydrogen-bond acceptors (Lipinski definition) is 4. The molecule has 60 valence electrons. The van der Waals surface area contributed by atoms with Gasteiger partial charge in [0.15, 0.2) is 5.06 Å².